The van der Waals surface area contributed by atoms with Crippen LogP contribution in [0.25, 0.3) is 0 Å². The predicted molar refractivity (Wildman–Crippen MR) is 120 cm³/mol. The lowest BCUT2D eigenvalue weighted by molar-refractivity contribution is -0.116. The van der Waals surface area contributed by atoms with Crippen molar-refractivity contribution in [1.82, 2.24) is 0 Å². The van der Waals surface area contributed by atoms with E-state index in [4.69, 9.17) is 18.9 Å². The lowest BCUT2D eigenvalue weighted by Gasteiger charge is -2.14. The molecule has 0 heterocycles. The van der Waals surface area contributed by atoms with Crippen molar-refractivity contribution in [2.75, 3.05) is 26.6 Å². The molecule has 0 aromatic heterocycles. The molecule has 0 unspecified atom stereocenters. The first-order valence-corrected chi connectivity index (χ1v) is 9.98. The molecule has 0 aliphatic carbocycles. The summed E-state index contributed by atoms with van der Waals surface area (Å²) in [7, 11) is 4.70. The average molecular weight is 421 g/mol. The predicted octanol–water partition coefficient (Wildman–Crippen LogP) is 4.86. The van der Waals surface area contributed by atoms with Gasteiger partial charge in [0.2, 0.25) is 11.7 Å². The molecular formula is C25H27NO5. The van der Waals surface area contributed by atoms with Crippen molar-refractivity contribution in [2.45, 2.75) is 19.4 Å². The highest BCUT2D eigenvalue weighted by Crippen LogP contribution is 2.38. The standard InChI is InChI=1S/C25H27NO5/c1-28-22-15-19(16-23(29-2)25(22)30-3)9-14-24(27)26-20-10-12-21(13-11-20)31-17-18-7-5-4-6-8-18/h4-8,10-13,15-16H,9,14,17H2,1-3H3,(H,26,27). The fourth-order valence-electron chi connectivity index (χ4n) is 3.14. The summed E-state index contributed by atoms with van der Waals surface area (Å²) in [5.74, 6) is 2.35. The SMILES string of the molecule is COc1cc(CCC(=O)Nc2ccc(OCc3ccccc3)cc2)cc(OC)c1OC. The summed E-state index contributed by atoms with van der Waals surface area (Å²) in [4.78, 5) is 12.4. The van der Waals surface area contributed by atoms with Crippen LogP contribution in [0.15, 0.2) is 66.7 Å². The number of rotatable bonds is 10. The van der Waals surface area contributed by atoms with E-state index in [1.165, 1.54) is 0 Å². The molecule has 0 radical (unpaired) electrons. The topological polar surface area (TPSA) is 66.0 Å². The first-order valence-electron chi connectivity index (χ1n) is 9.98. The second-order valence-electron chi connectivity index (χ2n) is 6.88. The monoisotopic (exact) mass is 421 g/mol. The first kappa shape index (κ1) is 22.0. The lowest BCUT2D eigenvalue weighted by atomic mass is 10.1. The molecule has 0 saturated heterocycles. The largest absolute Gasteiger partial charge is 0.493 e. The third-order valence-electron chi connectivity index (χ3n) is 4.75. The minimum absolute atomic E-state index is 0.0771. The molecular weight excluding hydrogens is 394 g/mol. The van der Waals surface area contributed by atoms with Crippen molar-refractivity contribution < 1.29 is 23.7 Å². The van der Waals surface area contributed by atoms with Crippen LogP contribution in [-0.4, -0.2) is 27.2 Å². The summed E-state index contributed by atoms with van der Waals surface area (Å²) in [6.45, 7) is 0.501. The van der Waals surface area contributed by atoms with Gasteiger partial charge in [0.05, 0.1) is 21.3 Å². The van der Waals surface area contributed by atoms with Gasteiger partial charge < -0.3 is 24.3 Å². The number of hydrogen-bond donors (Lipinski definition) is 1. The van der Waals surface area contributed by atoms with Gasteiger partial charge in [-0.1, -0.05) is 30.3 Å². The van der Waals surface area contributed by atoms with Gasteiger partial charge in [-0.3, -0.25) is 4.79 Å². The number of carbonyl (C=O) groups is 1. The number of ether oxygens (including phenoxy) is 4. The summed E-state index contributed by atoms with van der Waals surface area (Å²) in [6.07, 6.45) is 0.867. The number of amides is 1. The molecule has 0 bridgehead atoms. The molecule has 1 N–H and O–H groups in total. The molecule has 0 fully saturated rings. The number of aryl methyl sites for hydroxylation is 1. The van der Waals surface area contributed by atoms with E-state index in [1.807, 2.05) is 66.7 Å². The molecule has 0 spiro atoms. The van der Waals surface area contributed by atoms with E-state index in [9.17, 15) is 4.79 Å². The number of nitrogens with one attached hydrogen (secondary N) is 1. The summed E-state index contributed by atoms with van der Waals surface area (Å²) < 4.78 is 21.8. The van der Waals surface area contributed by atoms with Gasteiger partial charge >= 0.3 is 0 Å². The number of carbonyl (C=O) groups excluding carboxylic acids is 1. The summed E-state index contributed by atoms with van der Waals surface area (Å²) in [5.41, 5.74) is 2.75. The molecule has 3 aromatic carbocycles. The fraction of sp³-hybridized carbons (Fsp3) is 0.240. The van der Waals surface area contributed by atoms with Gasteiger partial charge in [-0.15, -0.1) is 0 Å². The third kappa shape index (κ3) is 6.15. The molecule has 0 aliphatic heterocycles. The van der Waals surface area contributed by atoms with Crippen LogP contribution in [-0.2, 0) is 17.8 Å². The number of anilines is 1. The summed E-state index contributed by atoms with van der Waals surface area (Å²) in [5, 5.41) is 2.91. The maximum atomic E-state index is 12.4. The fourth-order valence-corrected chi connectivity index (χ4v) is 3.14. The maximum Gasteiger partial charge on any atom is 0.224 e. The summed E-state index contributed by atoms with van der Waals surface area (Å²) in [6, 6.07) is 21.0. The summed E-state index contributed by atoms with van der Waals surface area (Å²) >= 11 is 0. The Morgan fingerprint density at radius 1 is 0.806 bits per heavy atom. The Balaban J connectivity index is 1.53. The molecule has 6 heteroatoms. The van der Waals surface area contributed by atoms with Crippen LogP contribution < -0.4 is 24.3 Å². The highest BCUT2D eigenvalue weighted by molar-refractivity contribution is 5.90. The van der Waals surface area contributed by atoms with Crippen molar-refractivity contribution >= 4 is 11.6 Å². The van der Waals surface area contributed by atoms with Crippen LogP contribution in [0.1, 0.15) is 17.5 Å². The number of hydrogen-bond acceptors (Lipinski definition) is 5. The molecule has 3 aromatic rings. The van der Waals surface area contributed by atoms with E-state index in [0.29, 0.717) is 36.7 Å². The zero-order valence-corrected chi connectivity index (χ0v) is 18.0. The van der Waals surface area contributed by atoms with Crippen molar-refractivity contribution in [3.05, 3.63) is 77.9 Å². The van der Waals surface area contributed by atoms with Crippen LogP contribution >= 0.6 is 0 Å². The highest BCUT2D eigenvalue weighted by Gasteiger charge is 2.14. The second kappa shape index (κ2) is 10.9. The Kier molecular flexibility index (Phi) is 7.76. The van der Waals surface area contributed by atoms with Crippen LogP contribution in [0.4, 0.5) is 5.69 Å². The van der Waals surface area contributed by atoms with Crippen molar-refractivity contribution in [3.8, 4) is 23.0 Å². The zero-order valence-electron chi connectivity index (χ0n) is 18.0. The molecule has 6 nitrogen and oxygen atoms in total. The Morgan fingerprint density at radius 3 is 2.03 bits per heavy atom. The number of benzene rings is 3. The van der Waals surface area contributed by atoms with Crippen molar-refractivity contribution in [2.24, 2.45) is 0 Å². The number of methoxy groups -OCH3 is 3. The molecule has 162 valence electrons. The van der Waals surface area contributed by atoms with E-state index in [2.05, 4.69) is 5.32 Å². The quantitative estimate of drug-likeness (QED) is 0.506. The van der Waals surface area contributed by atoms with E-state index in [0.717, 1.165) is 22.6 Å². The molecule has 31 heavy (non-hydrogen) atoms. The average Bonchev–Trinajstić information content (AvgIpc) is 2.82. The lowest BCUT2D eigenvalue weighted by Crippen LogP contribution is -2.12. The minimum Gasteiger partial charge on any atom is -0.493 e. The Morgan fingerprint density at radius 2 is 1.45 bits per heavy atom. The molecule has 0 atom stereocenters. The van der Waals surface area contributed by atoms with Gasteiger partial charge in [0.15, 0.2) is 11.5 Å². The normalized spacial score (nSPS) is 10.3. The molecule has 1 amide bonds. The van der Waals surface area contributed by atoms with E-state index in [1.54, 1.807) is 21.3 Å². The third-order valence-corrected chi connectivity index (χ3v) is 4.75. The smallest absolute Gasteiger partial charge is 0.224 e. The van der Waals surface area contributed by atoms with Gasteiger partial charge in [-0.25, -0.2) is 0 Å². The van der Waals surface area contributed by atoms with E-state index >= 15 is 0 Å². The van der Waals surface area contributed by atoms with Crippen LogP contribution in [0.2, 0.25) is 0 Å². The Labute approximate surface area is 182 Å². The van der Waals surface area contributed by atoms with Crippen LogP contribution in [0, 0.1) is 0 Å². The minimum atomic E-state index is -0.0771. The maximum absolute atomic E-state index is 12.4. The molecule has 0 aliphatic rings. The van der Waals surface area contributed by atoms with E-state index in [-0.39, 0.29) is 5.91 Å². The first-order chi connectivity index (χ1) is 15.1. The van der Waals surface area contributed by atoms with Crippen LogP contribution in [0.3, 0.4) is 0 Å². The van der Waals surface area contributed by atoms with Gasteiger partial charge in [-0.05, 0) is 53.9 Å². The van der Waals surface area contributed by atoms with Crippen molar-refractivity contribution in [1.29, 1.82) is 0 Å². The highest BCUT2D eigenvalue weighted by atomic mass is 16.5. The Bertz CT molecular complexity index is 962. The Hall–Kier alpha value is -3.67. The molecule has 3 rings (SSSR count). The van der Waals surface area contributed by atoms with Gasteiger partial charge in [0.1, 0.15) is 12.4 Å². The van der Waals surface area contributed by atoms with Crippen LogP contribution in [0.5, 0.6) is 23.0 Å². The van der Waals surface area contributed by atoms with E-state index < -0.39 is 0 Å². The van der Waals surface area contributed by atoms with Gasteiger partial charge in [-0.2, -0.15) is 0 Å². The van der Waals surface area contributed by atoms with Crippen molar-refractivity contribution in [3.63, 3.8) is 0 Å². The van der Waals surface area contributed by atoms with Gasteiger partial charge in [0, 0.05) is 12.1 Å². The zero-order chi connectivity index (χ0) is 22.1. The second-order valence-corrected chi connectivity index (χ2v) is 6.88. The molecule has 0 saturated carbocycles. The van der Waals surface area contributed by atoms with Gasteiger partial charge in [0.25, 0.3) is 0 Å².